The van der Waals surface area contributed by atoms with Crippen LogP contribution in [-0.4, -0.2) is 27.4 Å². The van der Waals surface area contributed by atoms with Gasteiger partial charge in [0.25, 0.3) is 0 Å². The van der Waals surface area contributed by atoms with Crippen LogP contribution in [0.5, 0.6) is 5.75 Å². The second kappa shape index (κ2) is 15.7. The van der Waals surface area contributed by atoms with Crippen molar-refractivity contribution in [2.75, 3.05) is 6.61 Å². The number of aromatic nitrogens is 2. The molecule has 0 saturated heterocycles. The number of unbranched alkanes of at least 4 members (excludes halogenated alkanes) is 2. The third-order valence-corrected chi connectivity index (χ3v) is 5.67. The average Bonchev–Trinajstić information content (AvgIpc) is 3.23. The van der Waals surface area contributed by atoms with Gasteiger partial charge in [-0.3, -0.25) is 0 Å². The summed E-state index contributed by atoms with van der Waals surface area (Å²) in [6.45, 7) is 16.9. The number of halogens is 1. The predicted octanol–water partition coefficient (Wildman–Crippen LogP) is 8.55. The van der Waals surface area contributed by atoms with Gasteiger partial charge in [0, 0.05) is 30.8 Å². The van der Waals surface area contributed by atoms with Gasteiger partial charge in [-0.1, -0.05) is 88.5 Å². The largest absolute Gasteiger partial charge is 0.489 e. The molecule has 1 N–H and O–H groups in total. The molecule has 1 aromatic heterocycles. The van der Waals surface area contributed by atoms with Crippen molar-refractivity contribution in [3.05, 3.63) is 70.6 Å². The smallest absolute Gasteiger partial charge is 0.138 e. The monoisotopic (exact) mass is 514 g/mol. The van der Waals surface area contributed by atoms with Crippen LogP contribution in [0, 0.1) is 6.92 Å². The third-order valence-electron chi connectivity index (χ3n) is 5.38. The van der Waals surface area contributed by atoms with Crippen LogP contribution in [0.2, 0.25) is 5.02 Å². The molecule has 0 unspecified atom stereocenters. The van der Waals surface area contributed by atoms with Crippen molar-refractivity contribution in [3.8, 4) is 17.0 Å². The van der Waals surface area contributed by atoms with E-state index in [1.54, 1.807) is 0 Å². The molecule has 200 valence electrons. The number of hydrogen-bond donors (Lipinski definition) is 1. The first-order valence-corrected chi connectivity index (χ1v) is 13.6. The lowest BCUT2D eigenvalue weighted by atomic mass is 9.96. The van der Waals surface area contributed by atoms with Gasteiger partial charge in [0.15, 0.2) is 0 Å². The highest BCUT2D eigenvalue weighted by molar-refractivity contribution is 6.32. The van der Waals surface area contributed by atoms with Gasteiger partial charge >= 0.3 is 0 Å². The standard InChI is InChI=1S/C15H20N2.C14H21ClO2.C2H6/c1-11-6-8-12(9-7-11)13-10-17(5)14(16-13)15(2,3)4;1-11(2)17-14-8-7-12(10-13(14)15)6-4-3-5-9-16;1-2/h6-10H,1-5H3;7-8,10-11,16H,3-6,9H2,1-2H3;1-2H3. The Bertz CT molecular complexity index is 1020. The van der Waals surface area contributed by atoms with E-state index in [-0.39, 0.29) is 18.1 Å². The number of aliphatic hydroxyl groups excluding tert-OH is 1. The summed E-state index contributed by atoms with van der Waals surface area (Å²) in [4.78, 5) is 4.74. The highest BCUT2D eigenvalue weighted by Gasteiger charge is 2.20. The minimum absolute atomic E-state index is 0.0810. The van der Waals surface area contributed by atoms with E-state index in [9.17, 15) is 0 Å². The van der Waals surface area contributed by atoms with E-state index < -0.39 is 0 Å². The molecule has 0 aliphatic rings. The van der Waals surface area contributed by atoms with Crippen molar-refractivity contribution in [1.29, 1.82) is 0 Å². The fraction of sp³-hybridized carbons (Fsp3) is 0.516. The number of hydrogen-bond acceptors (Lipinski definition) is 3. The van der Waals surface area contributed by atoms with Crippen molar-refractivity contribution in [1.82, 2.24) is 9.55 Å². The topological polar surface area (TPSA) is 47.3 Å². The van der Waals surface area contributed by atoms with Crippen LogP contribution in [0.4, 0.5) is 0 Å². The molecule has 0 fully saturated rings. The summed E-state index contributed by atoms with van der Waals surface area (Å²) < 4.78 is 7.70. The maximum absolute atomic E-state index is 8.69. The molecule has 0 amide bonds. The van der Waals surface area contributed by atoms with Crippen LogP contribution in [0.1, 0.15) is 84.7 Å². The molecule has 0 bridgehead atoms. The number of aliphatic hydroxyl groups is 1. The average molecular weight is 515 g/mol. The molecule has 1 heterocycles. The lowest BCUT2D eigenvalue weighted by molar-refractivity contribution is 0.242. The molecule has 2 aromatic carbocycles. The normalized spacial score (nSPS) is 10.9. The summed E-state index contributed by atoms with van der Waals surface area (Å²) in [7, 11) is 2.06. The van der Waals surface area contributed by atoms with Gasteiger partial charge in [-0.25, -0.2) is 4.98 Å². The van der Waals surface area contributed by atoms with Crippen molar-refractivity contribution in [2.45, 2.75) is 92.6 Å². The first-order chi connectivity index (χ1) is 17.0. The van der Waals surface area contributed by atoms with Crippen LogP contribution in [0.15, 0.2) is 48.7 Å². The number of aryl methyl sites for hydroxylation is 3. The molecule has 5 heteroatoms. The summed E-state index contributed by atoms with van der Waals surface area (Å²) in [6, 6.07) is 14.5. The van der Waals surface area contributed by atoms with Gasteiger partial charge in [-0.05, 0) is 57.7 Å². The Morgan fingerprint density at radius 3 is 2.14 bits per heavy atom. The Morgan fingerprint density at radius 1 is 1.00 bits per heavy atom. The van der Waals surface area contributed by atoms with Gasteiger partial charge < -0.3 is 14.4 Å². The van der Waals surface area contributed by atoms with Crippen LogP contribution in [0.3, 0.4) is 0 Å². The maximum atomic E-state index is 8.69. The third kappa shape index (κ3) is 10.8. The molecule has 3 aromatic rings. The van der Waals surface area contributed by atoms with E-state index in [1.807, 2.05) is 39.8 Å². The van der Waals surface area contributed by atoms with E-state index >= 15 is 0 Å². The van der Waals surface area contributed by atoms with Crippen LogP contribution >= 0.6 is 11.6 Å². The van der Waals surface area contributed by atoms with Crippen LogP contribution in [-0.2, 0) is 18.9 Å². The van der Waals surface area contributed by atoms with Crippen molar-refractivity contribution in [3.63, 3.8) is 0 Å². The summed E-state index contributed by atoms with van der Waals surface area (Å²) in [6.07, 6.45) is 6.26. The molecule has 3 rings (SSSR count). The minimum Gasteiger partial charge on any atom is -0.489 e. The Hall–Kier alpha value is -2.30. The summed E-state index contributed by atoms with van der Waals surface area (Å²) >= 11 is 6.15. The molecule has 0 spiro atoms. The van der Waals surface area contributed by atoms with E-state index in [4.69, 9.17) is 26.4 Å². The number of imidazole rings is 1. The fourth-order valence-corrected chi connectivity index (χ4v) is 3.94. The fourth-order valence-electron chi connectivity index (χ4n) is 3.69. The van der Waals surface area contributed by atoms with E-state index in [0.717, 1.165) is 43.0 Å². The zero-order chi connectivity index (χ0) is 27.3. The van der Waals surface area contributed by atoms with Crippen LogP contribution in [0.25, 0.3) is 11.3 Å². The molecule has 0 radical (unpaired) electrons. The van der Waals surface area contributed by atoms with Gasteiger partial charge in [0.05, 0.1) is 16.8 Å². The SMILES string of the molecule is CC.CC(C)Oc1ccc(CCCCCO)cc1Cl.Cc1ccc(-c2cn(C)c(C(C)(C)C)n2)cc1. The Labute approximate surface area is 224 Å². The lowest BCUT2D eigenvalue weighted by Gasteiger charge is -2.17. The van der Waals surface area contributed by atoms with E-state index in [0.29, 0.717) is 5.02 Å². The number of benzene rings is 2. The second-order valence-electron chi connectivity index (χ2n) is 10.1. The van der Waals surface area contributed by atoms with Crippen molar-refractivity contribution in [2.24, 2.45) is 7.05 Å². The Morgan fingerprint density at radius 2 is 1.64 bits per heavy atom. The quantitative estimate of drug-likeness (QED) is 0.306. The maximum Gasteiger partial charge on any atom is 0.138 e. The summed E-state index contributed by atoms with van der Waals surface area (Å²) in [5.74, 6) is 1.87. The molecule has 0 saturated carbocycles. The van der Waals surface area contributed by atoms with Crippen molar-refractivity contribution < 1.29 is 9.84 Å². The van der Waals surface area contributed by atoms with E-state index in [2.05, 4.69) is 75.8 Å². The molecule has 0 atom stereocenters. The highest BCUT2D eigenvalue weighted by atomic mass is 35.5. The summed E-state index contributed by atoms with van der Waals surface area (Å²) in [5, 5.41) is 9.37. The van der Waals surface area contributed by atoms with E-state index in [1.165, 1.54) is 16.7 Å². The van der Waals surface area contributed by atoms with Gasteiger partial charge in [-0.2, -0.15) is 0 Å². The van der Waals surface area contributed by atoms with Gasteiger partial charge in [0.1, 0.15) is 11.6 Å². The Kier molecular flexibility index (Phi) is 13.9. The van der Waals surface area contributed by atoms with Gasteiger partial charge in [-0.15, -0.1) is 0 Å². The van der Waals surface area contributed by atoms with Crippen molar-refractivity contribution >= 4 is 11.6 Å². The second-order valence-corrected chi connectivity index (χ2v) is 10.5. The molecule has 0 aliphatic carbocycles. The van der Waals surface area contributed by atoms with Gasteiger partial charge in [0.2, 0.25) is 0 Å². The summed E-state index contributed by atoms with van der Waals surface area (Å²) in [5.41, 5.74) is 4.82. The number of rotatable bonds is 8. The molecular formula is C31H47ClN2O2. The highest BCUT2D eigenvalue weighted by Crippen LogP contribution is 2.27. The first-order valence-electron chi connectivity index (χ1n) is 13.2. The Balaban J connectivity index is 0.000000337. The zero-order valence-corrected chi connectivity index (χ0v) is 24.6. The zero-order valence-electron chi connectivity index (χ0n) is 23.9. The first kappa shape index (κ1) is 31.7. The van der Waals surface area contributed by atoms with Crippen LogP contribution < -0.4 is 4.74 Å². The molecule has 4 nitrogen and oxygen atoms in total. The lowest BCUT2D eigenvalue weighted by Crippen LogP contribution is -2.17. The molecule has 36 heavy (non-hydrogen) atoms. The number of ether oxygens (including phenoxy) is 1. The molecular weight excluding hydrogens is 468 g/mol. The molecule has 0 aliphatic heterocycles. The predicted molar refractivity (Wildman–Crippen MR) is 155 cm³/mol. The number of nitrogens with zero attached hydrogens (tertiary/aromatic N) is 2. The minimum atomic E-state index is 0.0810.